The van der Waals surface area contributed by atoms with Crippen molar-refractivity contribution in [3.8, 4) is 5.69 Å². The van der Waals surface area contributed by atoms with E-state index in [4.69, 9.17) is 0 Å². The Balaban J connectivity index is 1.52. The Kier molecular flexibility index (Phi) is 4.80. The Hall–Kier alpha value is -2.21. The SMILES string of the molecule is O=C(CC1CCNCC1)NCc1cccc(-n2cncn2)c1. The van der Waals surface area contributed by atoms with Gasteiger partial charge in [0.25, 0.3) is 0 Å². The number of benzene rings is 1. The highest BCUT2D eigenvalue weighted by Gasteiger charge is 2.16. The highest BCUT2D eigenvalue weighted by atomic mass is 16.1. The van der Waals surface area contributed by atoms with Crippen LogP contribution in [-0.2, 0) is 11.3 Å². The lowest BCUT2D eigenvalue weighted by molar-refractivity contribution is -0.122. The van der Waals surface area contributed by atoms with E-state index in [2.05, 4.69) is 20.7 Å². The second kappa shape index (κ2) is 7.17. The van der Waals surface area contributed by atoms with Gasteiger partial charge in [-0.1, -0.05) is 12.1 Å². The van der Waals surface area contributed by atoms with Gasteiger partial charge in [0, 0.05) is 13.0 Å². The lowest BCUT2D eigenvalue weighted by atomic mass is 9.94. The minimum absolute atomic E-state index is 0.137. The van der Waals surface area contributed by atoms with Crippen molar-refractivity contribution in [1.82, 2.24) is 25.4 Å². The van der Waals surface area contributed by atoms with Crippen molar-refractivity contribution >= 4 is 5.91 Å². The van der Waals surface area contributed by atoms with Crippen LogP contribution in [0.2, 0.25) is 0 Å². The van der Waals surface area contributed by atoms with E-state index in [0.717, 1.165) is 37.2 Å². The fraction of sp³-hybridized carbons (Fsp3) is 0.438. The Morgan fingerprint density at radius 3 is 3.00 bits per heavy atom. The van der Waals surface area contributed by atoms with Gasteiger partial charge < -0.3 is 10.6 Å². The van der Waals surface area contributed by atoms with Crippen LogP contribution in [0.3, 0.4) is 0 Å². The van der Waals surface area contributed by atoms with Gasteiger partial charge in [-0.25, -0.2) is 9.67 Å². The molecule has 6 nitrogen and oxygen atoms in total. The molecule has 1 aromatic carbocycles. The molecule has 116 valence electrons. The maximum absolute atomic E-state index is 12.0. The third-order valence-corrected chi connectivity index (χ3v) is 4.02. The van der Waals surface area contributed by atoms with E-state index >= 15 is 0 Å². The van der Waals surface area contributed by atoms with Gasteiger partial charge in [-0.2, -0.15) is 5.10 Å². The first-order valence-electron chi connectivity index (χ1n) is 7.72. The molecule has 1 aliphatic rings. The summed E-state index contributed by atoms with van der Waals surface area (Å²) in [6.07, 6.45) is 5.98. The number of piperidine rings is 1. The molecule has 6 heteroatoms. The summed E-state index contributed by atoms with van der Waals surface area (Å²) in [5, 5.41) is 10.4. The summed E-state index contributed by atoms with van der Waals surface area (Å²) in [6.45, 7) is 2.60. The molecule has 2 heterocycles. The van der Waals surface area contributed by atoms with Crippen molar-refractivity contribution in [2.45, 2.75) is 25.8 Å². The third-order valence-electron chi connectivity index (χ3n) is 4.02. The monoisotopic (exact) mass is 299 g/mol. The van der Waals surface area contributed by atoms with Crippen LogP contribution in [0.4, 0.5) is 0 Å². The molecule has 2 N–H and O–H groups in total. The first kappa shape index (κ1) is 14.7. The largest absolute Gasteiger partial charge is 0.352 e. The first-order chi connectivity index (χ1) is 10.8. The molecule has 0 aliphatic carbocycles. The van der Waals surface area contributed by atoms with E-state index in [-0.39, 0.29) is 5.91 Å². The average Bonchev–Trinajstić information content (AvgIpc) is 3.09. The standard InChI is InChI=1S/C16H21N5O/c22-16(9-13-4-6-17-7-5-13)19-10-14-2-1-3-15(8-14)21-12-18-11-20-21/h1-3,8,11-13,17H,4-7,9-10H2,(H,19,22). The molecule has 2 aromatic rings. The third kappa shape index (κ3) is 3.92. The second-order valence-electron chi connectivity index (χ2n) is 5.68. The summed E-state index contributed by atoms with van der Waals surface area (Å²) in [5.41, 5.74) is 2.01. The highest BCUT2D eigenvalue weighted by Crippen LogP contribution is 2.15. The molecule has 3 rings (SSSR count). The predicted octanol–water partition coefficient (Wildman–Crippen LogP) is 1.27. The number of nitrogens with zero attached hydrogens (tertiary/aromatic N) is 3. The van der Waals surface area contributed by atoms with Gasteiger partial charge in [-0.15, -0.1) is 0 Å². The zero-order valence-corrected chi connectivity index (χ0v) is 12.5. The number of hydrogen-bond acceptors (Lipinski definition) is 4. The molecule has 0 radical (unpaired) electrons. The Morgan fingerprint density at radius 2 is 2.23 bits per heavy atom. The van der Waals surface area contributed by atoms with Crippen molar-refractivity contribution in [3.63, 3.8) is 0 Å². The number of carbonyl (C=O) groups is 1. The Labute approximate surface area is 129 Å². The maximum atomic E-state index is 12.0. The number of nitrogens with one attached hydrogen (secondary N) is 2. The Morgan fingerprint density at radius 1 is 1.36 bits per heavy atom. The quantitative estimate of drug-likeness (QED) is 0.872. The summed E-state index contributed by atoms with van der Waals surface area (Å²) in [6, 6.07) is 7.95. The van der Waals surface area contributed by atoms with Crippen LogP contribution in [-0.4, -0.2) is 33.8 Å². The van der Waals surface area contributed by atoms with Gasteiger partial charge in [0.15, 0.2) is 0 Å². The van der Waals surface area contributed by atoms with Crippen LogP contribution in [0.5, 0.6) is 0 Å². The van der Waals surface area contributed by atoms with Crippen LogP contribution in [0.1, 0.15) is 24.8 Å². The van der Waals surface area contributed by atoms with Crippen LogP contribution < -0.4 is 10.6 Å². The van der Waals surface area contributed by atoms with E-state index in [1.807, 2.05) is 24.3 Å². The van der Waals surface area contributed by atoms with Crippen LogP contribution in [0, 0.1) is 5.92 Å². The first-order valence-corrected chi connectivity index (χ1v) is 7.72. The minimum Gasteiger partial charge on any atom is -0.352 e. The second-order valence-corrected chi connectivity index (χ2v) is 5.68. The maximum Gasteiger partial charge on any atom is 0.220 e. The van der Waals surface area contributed by atoms with Crippen molar-refractivity contribution in [3.05, 3.63) is 42.5 Å². The summed E-state index contributed by atoms with van der Waals surface area (Å²) < 4.78 is 1.71. The van der Waals surface area contributed by atoms with Gasteiger partial charge in [-0.3, -0.25) is 4.79 Å². The molecule has 22 heavy (non-hydrogen) atoms. The molecular formula is C16H21N5O. The minimum atomic E-state index is 0.137. The summed E-state index contributed by atoms with van der Waals surface area (Å²) in [7, 11) is 0. The molecule has 0 atom stereocenters. The lowest BCUT2D eigenvalue weighted by Crippen LogP contribution is -2.32. The Bertz CT molecular complexity index is 605. The smallest absolute Gasteiger partial charge is 0.220 e. The number of rotatable bonds is 5. The zero-order valence-electron chi connectivity index (χ0n) is 12.5. The number of carbonyl (C=O) groups excluding carboxylic acids is 1. The predicted molar refractivity (Wildman–Crippen MR) is 83.4 cm³/mol. The van der Waals surface area contributed by atoms with Gasteiger partial charge in [0.1, 0.15) is 12.7 Å². The summed E-state index contributed by atoms with van der Waals surface area (Å²) in [4.78, 5) is 16.0. The number of hydrogen-bond donors (Lipinski definition) is 2. The van der Waals surface area contributed by atoms with Crippen LogP contribution in [0.15, 0.2) is 36.9 Å². The number of amides is 1. The van der Waals surface area contributed by atoms with Gasteiger partial charge in [0.2, 0.25) is 5.91 Å². The van der Waals surface area contributed by atoms with E-state index in [1.54, 1.807) is 11.0 Å². The summed E-state index contributed by atoms with van der Waals surface area (Å²) >= 11 is 0. The lowest BCUT2D eigenvalue weighted by Gasteiger charge is -2.21. The molecule has 1 aromatic heterocycles. The van der Waals surface area contributed by atoms with Crippen molar-refractivity contribution in [1.29, 1.82) is 0 Å². The molecule has 0 saturated carbocycles. The molecule has 1 aliphatic heterocycles. The molecule has 0 bridgehead atoms. The fourth-order valence-corrected chi connectivity index (χ4v) is 2.77. The fourth-order valence-electron chi connectivity index (χ4n) is 2.77. The molecule has 0 unspecified atom stereocenters. The molecule has 1 amide bonds. The van der Waals surface area contributed by atoms with Crippen molar-refractivity contribution in [2.24, 2.45) is 5.92 Å². The van der Waals surface area contributed by atoms with Crippen LogP contribution in [0.25, 0.3) is 5.69 Å². The van der Waals surface area contributed by atoms with Gasteiger partial charge >= 0.3 is 0 Å². The van der Waals surface area contributed by atoms with Crippen molar-refractivity contribution in [2.75, 3.05) is 13.1 Å². The van der Waals surface area contributed by atoms with E-state index in [1.165, 1.54) is 6.33 Å². The van der Waals surface area contributed by atoms with Gasteiger partial charge in [-0.05, 0) is 49.5 Å². The van der Waals surface area contributed by atoms with E-state index in [9.17, 15) is 4.79 Å². The molecule has 1 saturated heterocycles. The molecular weight excluding hydrogens is 278 g/mol. The summed E-state index contributed by atoms with van der Waals surface area (Å²) in [5.74, 6) is 0.654. The van der Waals surface area contributed by atoms with E-state index in [0.29, 0.717) is 18.9 Å². The molecule has 0 spiro atoms. The van der Waals surface area contributed by atoms with Crippen LogP contribution >= 0.6 is 0 Å². The normalized spacial score (nSPS) is 15.6. The highest BCUT2D eigenvalue weighted by molar-refractivity contribution is 5.76. The van der Waals surface area contributed by atoms with Gasteiger partial charge in [0.05, 0.1) is 5.69 Å². The molecule has 1 fully saturated rings. The van der Waals surface area contributed by atoms with E-state index < -0.39 is 0 Å². The topological polar surface area (TPSA) is 71.8 Å². The zero-order chi connectivity index (χ0) is 15.2. The average molecular weight is 299 g/mol. The van der Waals surface area contributed by atoms with Crippen molar-refractivity contribution < 1.29 is 4.79 Å². The number of aromatic nitrogens is 3.